The van der Waals surface area contributed by atoms with Crippen LogP contribution in [0.4, 0.5) is 18.3 Å². The fourth-order valence-electron chi connectivity index (χ4n) is 4.43. The van der Waals surface area contributed by atoms with E-state index in [1.54, 1.807) is 24.0 Å². The molecule has 1 aromatic heterocycles. The lowest BCUT2D eigenvalue weighted by molar-refractivity contribution is -0.137. The van der Waals surface area contributed by atoms with E-state index in [0.29, 0.717) is 10.7 Å². The van der Waals surface area contributed by atoms with Crippen molar-refractivity contribution < 1.29 is 35.9 Å². The van der Waals surface area contributed by atoms with Crippen LogP contribution in [0, 0.1) is 0 Å². The average molecular weight is 625 g/mol. The molecule has 0 saturated carbocycles. The lowest BCUT2D eigenvalue weighted by atomic mass is 10.0. The third kappa shape index (κ3) is 7.10. The molecular formula is C28H31F3N4O5S2. The largest absolute Gasteiger partial charge is 0.461 e. The highest BCUT2D eigenvalue weighted by Gasteiger charge is 2.41. The zero-order valence-electron chi connectivity index (χ0n) is 23.2. The number of aromatic nitrogens is 1. The Balaban J connectivity index is 1.58. The summed E-state index contributed by atoms with van der Waals surface area (Å²) in [4.78, 5) is 31.7. The summed E-state index contributed by atoms with van der Waals surface area (Å²) in [6.45, 7) is 5.85. The molecule has 1 saturated heterocycles. The normalized spacial score (nSPS) is 16.5. The first kappa shape index (κ1) is 31.4. The number of carbonyl (C=O) groups is 2. The second kappa shape index (κ2) is 12.8. The highest BCUT2D eigenvalue weighted by molar-refractivity contribution is 7.89. The van der Waals surface area contributed by atoms with Crippen molar-refractivity contribution in [3.63, 3.8) is 0 Å². The number of piperazine rings is 1. The lowest BCUT2D eigenvalue weighted by Crippen LogP contribution is -2.60. The van der Waals surface area contributed by atoms with Crippen LogP contribution in [0.1, 0.15) is 53.9 Å². The molecule has 42 heavy (non-hydrogen) atoms. The van der Waals surface area contributed by atoms with Gasteiger partial charge in [-0.3, -0.25) is 4.79 Å². The van der Waals surface area contributed by atoms with Gasteiger partial charge < -0.3 is 15.0 Å². The third-order valence-electron chi connectivity index (χ3n) is 6.78. The monoisotopic (exact) mass is 624 g/mol. The molecule has 226 valence electrons. The number of amides is 1. The van der Waals surface area contributed by atoms with Gasteiger partial charge in [-0.15, -0.1) is 11.3 Å². The minimum atomic E-state index is -4.49. The lowest BCUT2D eigenvalue weighted by Gasteiger charge is -2.39. The summed E-state index contributed by atoms with van der Waals surface area (Å²) in [6, 6.07) is 9.68. The van der Waals surface area contributed by atoms with Gasteiger partial charge in [-0.25, -0.2) is 18.2 Å². The molecule has 14 heteroatoms. The molecule has 0 radical (unpaired) electrons. The number of alkyl halides is 3. The fourth-order valence-corrected chi connectivity index (χ4v) is 6.83. The molecule has 1 amide bonds. The number of hydrogen-bond acceptors (Lipinski definition) is 8. The molecule has 9 nitrogen and oxygen atoms in total. The fraction of sp³-hybridized carbons (Fsp3) is 0.393. The second-order valence-corrected chi connectivity index (χ2v) is 12.7. The molecule has 0 spiro atoms. The number of benzene rings is 2. The number of sulfonamides is 1. The van der Waals surface area contributed by atoms with E-state index in [1.807, 2.05) is 13.8 Å². The van der Waals surface area contributed by atoms with Crippen molar-refractivity contribution in [2.24, 2.45) is 0 Å². The van der Waals surface area contributed by atoms with Crippen molar-refractivity contribution >= 4 is 38.4 Å². The van der Waals surface area contributed by atoms with E-state index < -0.39 is 39.7 Å². The molecule has 1 N–H and O–H groups in total. The maximum absolute atomic E-state index is 13.7. The third-order valence-corrected chi connectivity index (χ3v) is 9.61. The Kier molecular flexibility index (Phi) is 9.58. The molecule has 1 atom stereocenters. The predicted octanol–water partition coefficient (Wildman–Crippen LogP) is 4.66. The summed E-state index contributed by atoms with van der Waals surface area (Å²) in [5, 5.41) is 4.63. The molecule has 1 fully saturated rings. The van der Waals surface area contributed by atoms with Gasteiger partial charge in [-0.1, -0.05) is 38.1 Å². The number of hydrogen-bond donors (Lipinski definition) is 1. The van der Waals surface area contributed by atoms with Crippen LogP contribution in [-0.2, 0) is 32.3 Å². The summed E-state index contributed by atoms with van der Waals surface area (Å²) < 4.78 is 72.4. The van der Waals surface area contributed by atoms with Gasteiger partial charge in [0.15, 0.2) is 10.8 Å². The Morgan fingerprint density at radius 3 is 2.36 bits per heavy atom. The van der Waals surface area contributed by atoms with Crippen LogP contribution in [0.25, 0.3) is 0 Å². The van der Waals surface area contributed by atoms with Crippen molar-refractivity contribution in [2.75, 3.05) is 31.1 Å². The first-order chi connectivity index (χ1) is 19.8. The van der Waals surface area contributed by atoms with Crippen LogP contribution in [0.5, 0.6) is 0 Å². The standard InChI is InChI=1S/C28H31F3N4O5S2/c1-4-40-26(37)23-17-41-27(33-23)34-13-14-35(42(38,39)22-11-7-20(8-12-22)18(2)3)24(16-34)25(36)32-15-19-5-9-21(10-6-19)28(29,30)31/h5-12,17-18,24H,4,13-16H2,1-3H3,(H,32,36). The maximum Gasteiger partial charge on any atom is 0.416 e. The Morgan fingerprint density at radius 2 is 1.76 bits per heavy atom. The first-order valence-corrected chi connectivity index (χ1v) is 15.6. The van der Waals surface area contributed by atoms with Crippen LogP contribution in [0.15, 0.2) is 58.8 Å². The number of halogens is 3. The Bertz CT molecular complexity index is 1510. The maximum atomic E-state index is 13.7. The number of thiazole rings is 1. The van der Waals surface area contributed by atoms with E-state index in [1.165, 1.54) is 41.0 Å². The van der Waals surface area contributed by atoms with Crippen molar-refractivity contribution in [3.05, 3.63) is 76.3 Å². The van der Waals surface area contributed by atoms with Crippen LogP contribution in [0.2, 0.25) is 0 Å². The topological polar surface area (TPSA) is 109 Å². The van der Waals surface area contributed by atoms with Crippen molar-refractivity contribution in [1.82, 2.24) is 14.6 Å². The molecule has 1 aliphatic rings. The van der Waals surface area contributed by atoms with E-state index >= 15 is 0 Å². The van der Waals surface area contributed by atoms with Gasteiger partial charge in [0.1, 0.15) is 6.04 Å². The van der Waals surface area contributed by atoms with E-state index in [4.69, 9.17) is 4.74 Å². The summed E-state index contributed by atoms with van der Waals surface area (Å²) in [5.41, 5.74) is 0.680. The number of rotatable bonds is 9. The van der Waals surface area contributed by atoms with Gasteiger partial charge in [-0.05, 0) is 48.2 Å². The highest BCUT2D eigenvalue weighted by Crippen LogP contribution is 2.30. The van der Waals surface area contributed by atoms with E-state index in [0.717, 1.165) is 22.0 Å². The number of anilines is 1. The smallest absolute Gasteiger partial charge is 0.416 e. The number of nitrogens with one attached hydrogen (secondary N) is 1. The Hall–Kier alpha value is -3.49. The van der Waals surface area contributed by atoms with Crippen molar-refractivity contribution in [2.45, 2.75) is 50.3 Å². The molecule has 0 aliphatic carbocycles. The molecular weight excluding hydrogens is 593 g/mol. The van der Waals surface area contributed by atoms with Gasteiger partial charge in [0.2, 0.25) is 15.9 Å². The molecule has 0 bridgehead atoms. The Labute approximate surface area is 246 Å². The molecule has 4 rings (SSSR count). The van der Waals surface area contributed by atoms with E-state index in [9.17, 15) is 31.2 Å². The first-order valence-electron chi connectivity index (χ1n) is 13.2. The molecule has 3 aromatic rings. The van der Waals surface area contributed by atoms with Crippen molar-refractivity contribution in [1.29, 1.82) is 0 Å². The minimum absolute atomic E-state index is 0.0407. The van der Waals surface area contributed by atoms with Gasteiger partial charge in [0, 0.05) is 31.6 Å². The van der Waals surface area contributed by atoms with Crippen LogP contribution < -0.4 is 10.2 Å². The number of carbonyl (C=O) groups excluding carboxylic acids is 2. The molecule has 2 aromatic carbocycles. The summed E-state index contributed by atoms with van der Waals surface area (Å²) in [6.07, 6.45) is -4.49. The number of esters is 1. The predicted molar refractivity (Wildman–Crippen MR) is 152 cm³/mol. The quantitative estimate of drug-likeness (QED) is 0.345. The van der Waals surface area contributed by atoms with Crippen LogP contribution in [0.3, 0.4) is 0 Å². The summed E-state index contributed by atoms with van der Waals surface area (Å²) in [7, 11) is -4.10. The van der Waals surface area contributed by atoms with Crippen molar-refractivity contribution in [3.8, 4) is 0 Å². The van der Waals surface area contributed by atoms with Gasteiger partial charge >= 0.3 is 12.1 Å². The minimum Gasteiger partial charge on any atom is -0.461 e. The zero-order chi connectivity index (χ0) is 30.7. The summed E-state index contributed by atoms with van der Waals surface area (Å²) in [5.74, 6) is -1.01. The molecule has 1 unspecified atom stereocenters. The van der Waals surface area contributed by atoms with Gasteiger partial charge in [-0.2, -0.15) is 17.5 Å². The number of ether oxygens (including phenoxy) is 1. The SMILES string of the molecule is CCOC(=O)c1csc(N2CCN(S(=O)(=O)c3ccc(C(C)C)cc3)C(C(=O)NCc3ccc(C(F)(F)F)cc3)C2)n1. The Morgan fingerprint density at radius 1 is 1.10 bits per heavy atom. The molecule has 1 aliphatic heterocycles. The van der Waals surface area contributed by atoms with Gasteiger partial charge in [0.25, 0.3) is 0 Å². The van der Waals surface area contributed by atoms with Crippen LogP contribution >= 0.6 is 11.3 Å². The van der Waals surface area contributed by atoms with E-state index in [2.05, 4.69) is 10.3 Å². The van der Waals surface area contributed by atoms with E-state index in [-0.39, 0.29) is 49.3 Å². The molecule has 2 heterocycles. The highest BCUT2D eigenvalue weighted by atomic mass is 32.2. The van der Waals surface area contributed by atoms with Crippen LogP contribution in [-0.4, -0.2) is 61.9 Å². The van der Waals surface area contributed by atoms with Gasteiger partial charge in [0.05, 0.1) is 17.1 Å². The number of nitrogens with zero attached hydrogens (tertiary/aromatic N) is 3. The second-order valence-electron chi connectivity index (χ2n) is 9.95. The summed E-state index contributed by atoms with van der Waals surface area (Å²) >= 11 is 1.17. The average Bonchev–Trinajstić information content (AvgIpc) is 3.46. The zero-order valence-corrected chi connectivity index (χ0v) is 24.9.